The number of halogens is 2. The maximum absolute atomic E-state index is 6.03. The predicted molar refractivity (Wildman–Crippen MR) is 97.7 cm³/mol. The monoisotopic (exact) mass is 394 g/mol. The van der Waals surface area contributed by atoms with Crippen LogP contribution >= 0.6 is 27.5 Å². The fourth-order valence-electron chi connectivity index (χ4n) is 3.33. The molecule has 0 aromatic heterocycles. The molecular weight excluding hydrogens is 376 g/mol. The van der Waals surface area contributed by atoms with Crippen LogP contribution in [-0.4, -0.2) is 13.7 Å². The van der Waals surface area contributed by atoms with Crippen molar-refractivity contribution < 1.29 is 9.47 Å². The van der Waals surface area contributed by atoms with Crippen molar-refractivity contribution in [1.29, 1.82) is 0 Å². The Morgan fingerprint density at radius 2 is 1.78 bits per heavy atom. The normalized spacial score (nSPS) is 21.8. The van der Waals surface area contributed by atoms with Gasteiger partial charge in [0.2, 0.25) is 0 Å². The van der Waals surface area contributed by atoms with Crippen molar-refractivity contribution in [2.75, 3.05) is 13.7 Å². The van der Waals surface area contributed by atoms with E-state index in [9.17, 15) is 0 Å². The molecule has 2 nitrogen and oxygen atoms in total. The molecule has 0 unspecified atom stereocenters. The molecule has 2 aromatic carbocycles. The fraction of sp³-hybridized carbons (Fsp3) is 0.368. The Morgan fingerprint density at radius 1 is 1.09 bits per heavy atom. The van der Waals surface area contributed by atoms with Gasteiger partial charge in [-0.2, -0.15) is 0 Å². The van der Waals surface area contributed by atoms with Crippen LogP contribution in [0.2, 0.25) is 5.02 Å². The minimum Gasteiger partial charge on any atom is -0.493 e. The molecule has 0 spiro atoms. The van der Waals surface area contributed by atoms with Crippen LogP contribution in [0.3, 0.4) is 0 Å². The number of ether oxygens (including phenoxy) is 2. The minimum absolute atomic E-state index is 0.244. The lowest BCUT2D eigenvalue weighted by Crippen LogP contribution is -2.05. The lowest BCUT2D eigenvalue weighted by molar-refractivity contribution is 0.264. The molecule has 1 saturated carbocycles. The Bertz CT molecular complexity index is 697. The summed E-state index contributed by atoms with van der Waals surface area (Å²) in [6, 6.07) is 14.1. The third-order valence-electron chi connectivity index (χ3n) is 4.82. The fourth-order valence-corrected chi connectivity index (χ4v) is 3.75. The molecule has 0 saturated heterocycles. The third-order valence-corrected chi connectivity index (χ3v) is 5.59. The largest absolute Gasteiger partial charge is 0.493 e. The lowest BCUT2D eigenvalue weighted by Gasteiger charge is -2.11. The first kappa shape index (κ1) is 16.7. The van der Waals surface area contributed by atoms with E-state index in [0.29, 0.717) is 29.2 Å². The van der Waals surface area contributed by atoms with Crippen LogP contribution in [0.15, 0.2) is 46.9 Å². The molecule has 4 heteroatoms. The van der Waals surface area contributed by atoms with E-state index in [1.54, 1.807) is 13.2 Å². The van der Waals surface area contributed by atoms with E-state index in [0.717, 1.165) is 10.2 Å². The van der Waals surface area contributed by atoms with Gasteiger partial charge in [0, 0.05) is 21.5 Å². The first-order valence-corrected chi connectivity index (χ1v) is 8.82. The summed E-state index contributed by atoms with van der Waals surface area (Å²) in [5, 5.41) is 0.647. The molecule has 0 amide bonds. The summed E-state index contributed by atoms with van der Waals surface area (Å²) >= 11 is 9.48. The topological polar surface area (TPSA) is 18.5 Å². The zero-order valence-corrected chi connectivity index (χ0v) is 15.8. The first-order chi connectivity index (χ1) is 10.9. The molecule has 122 valence electrons. The highest BCUT2D eigenvalue weighted by Gasteiger charge is 2.58. The number of hydrogen-bond donors (Lipinski definition) is 0. The second-order valence-corrected chi connectivity index (χ2v) is 7.92. The second-order valence-electron chi connectivity index (χ2n) is 6.56. The maximum atomic E-state index is 6.03. The van der Waals surface area contributed by atoms with Crippen molar-refractivity contribution in [2.24, 2.45) is 11.3 Å². The van der Waals surface area contributed by atoms with Crippen LogP contribution in [0.4, 0.5) is 0 Å². The van der Waals surface area contributed by atoms with Crippen LogP contribution in [-0.2, 0) is 0 Å². The zero-order chi connectivity index (χ0) is 16.6. The minimum atomic E-state index is 0.244. The number of rotatable bonds is 5. The Hall–Kier alpha value is -1.19. The lowest BCUT2D eigenvalue weighted by atomic mass is 10.0. The Labute approximate surface area is 150 Å². The molecule has 0 heterocycles. The van der Waals surface area contributed by atoms with Gasteiger partial charge in [0.1, 0.15) is 0 Å². The smallest absolute Gasteiger partial charge is 0.162 e. The van der Waals surface area contributed by atoms with E-state index in [4.69, 9.17) is 21.1 Å². The summed E-state index contributed by atoms with van der Waals surface area (Å²) < 4.78 is 12.5. The van der Waals surface area contributed by atoms with Gasteiger partial charge in [-0.15, -0.1) is 0 Å². The van der Waals surface area contributed by atoms with Crippen molar-refractivity contribution in [3.8, 4) is 11.5 Å². The van der Waals surface area contributed by atoms with E-state index in [-0.39, 0.29) is 5.41 Å². The summed E-state index contributed by atoms with van der Waals surface area (Å²) in [6.45, 7) is 5.27. The summed E-state index contributed by atoms with van der Waals surface area (Å²) in [6.07, 6.45) is 0. The number of hydrogen-bond acceptors (Lipinski definition) is 2. The molecule has 3 rings (SSSR count). The molecular formula is C19H20BrClO2. The van der Waals surface area contributed by atoms with Gasteiger partial charge in [-0.05, 0) is 41.2 Å². The van der Waals surface area contributed by atoms with Gasteiger partial charge in [0.15, 0.2) is 11.5 Å². The average Bonchev–Trinajstić information content (AvgIpc) is 3.07. The van der Waals surface area contributed by atoms with Crippen molar-refractivity contribution in [3.63, 3.8) is 0 Å². The molecule has 23 heavy (non-hydrogen) atoms. The van der Waals surface area contributed by atoms with Crippen LogP contribution in [0, 0.1) is 11.3 Å². The second kappa shape index (κ2) is 6.37. The van der Waals surface area contributed by atoms with Gasteiger partial charge in [-0.3, -0.25) is 0 Å². The molecule has 0 N–H and O–H groups in total. The van der Waals surface area contributed by atoms with Gasteiger partial charge in [0.05, 0.1) is 13.7 Å². The van der Waals surface area contributed by atoms with E-state index >= 15 is 0 Å². The highest BCUT2D eigenvalue weighted by molar-refractivity contribution is 9.10. The van der Waals surface area contributed by atoms with E-state index in [2.05, 4.69) is 54.0 Å². The summed E-state index contributed by atoms with van der Waals surface area (Å²) in [4.78, 5) is 0. The first-order valence-electron chi connectivity index (χ1n) is 7.65. The molecule has 1 aliphatic rings. The van der Waals surface area contributed by atoms with Crippen molar-refractivity contribution >= 4 is 27.5 Å². The standard InChI is InChI=1S/C19H20BrClO2/c1-19(2)15(18(19)12-4-6-13(20)7-5-12)11-23-16-9-8-14(21)10-17(16)22-3/h4-10,15,18H,11H2,1-3H3/t15-,18-/m0/s1. The quantitative estimate of drug-likeness (QED) is 0.624. The van der Waals surface area contributed by atoms with E-state index < -0.39 is 0 Å². The van der Waals surface area contributed by atoms with Gasteiger partial charge < -0.3 is 9.47 Å². The number of benzene rings is 2. The van der Waals surface area contributed by atoms with Crippen LogP contribution in [0.5, 0.6) is 11.5 Å². The van der Waals surface area contributed by atoms with Gasteiger partial charge >= 0.3 is 0 Å². The number of methoxy groups -OCH3 is 1. The SMILES string of the molecule is COc1cc(Cl)ccc1OC[C@H]1[C@H](c2ccc(Br)cc2)C1(C)C. The molecule has 1 fully saturated rings. The summed E-state index contributed by atoms with van der Waals surface area (Å²) in [7, 11) is 1.63. The van der Waals surface area contributed by atoms with E-state index in [1.165, 1.54) is 5.56 Å². The summed E-state index contributed by atoms with van der Waals surface area (Å²) in [5.41, 5.74) is 1.61. The molecule has 0 bridgehead atoms. The highest BCUT2D eigenvalue weighted by atomic mass is 79.9. The molecule has 0 radical (unpaired) electrons. The average molecular weight is 396 g/mol. The molecule has 0 aliphatic heterocycles. The Balaban J connectivity index is 1.70. The van der Waals surface area contributed by atoms with Crippen molar-refractivity contribution in [3.05, 3.63) is 57.5 Å². The van der Waals surface area contributed by atoms with Crippen molar-refractivity contribution in [2.45, 2.75) is 19.8 Å². The van der Waals surface area contributed by atoms with Gasteiger partial charge in [0.25, 0.3) is 0 Å². The van der Waals surface area contributed by atoms with Crippen LogP contribution < -0.4 is 9.47 Å². The van der Waals surface area contributed by atoms with E-state index in [1.807, 2.05) is 12.1 Å². The van der Waals surface area contributed by atoms with Crippen LogP contribution in [0.1, 0.15) is 25.3 Å². The van der Waals surface area contributed by atoms with Gasteiger partial charge in [-0.1, -0.05) is 53.5 Å². The van der Waals surface area contributed by atoms with Crippen molar-refractivity contribution in [1.82, 2.24) is 0 Å². The molecule has 1 aliphatic carbocycles. The molecule has 2 atom stereocenters. The molecule has 2 aromatic rings. The van der Waals surface area contributed by atoms with Gasteiger partial charge in [-0.25, -0.2) is 0 Å². The zero-order valence-electron chi connectivity index (χ0n) is 13.5. The highest BCUT2D eigenvalue weighted by Crippen LogP contribution is 2.64. The summed E-state index contributed by atoms with van der Waals surface area (Å²) in [5.74, 6) is 2.43. The van der Waals surface area contributed by atoms with Crippen LogP contribution in [0.25, 0.3) is 0 Å². The maximum Gasteiger partial charge on any atom is 0.162 e. The Kier molecular flexibility index (Phi) is 4.61. The Morgan fingerprint density at radius 3 is 2.43 bits per heavy atom. The third kappa shape index (κ3) is 3.36. The predicted octanol–water partition coefficient (Wildman–Crippen LogP) is 5.93.